The summed E-state index contributed by atoms with van der Waals surface area (Å²) < 4.78 is 0. The highest BCUT2D eigenvalue weighted by molar-refractivity contribution is 5.74. The second-order valence-electron chi connectivity index (χ2n) is 9.79. The Balaban J connectivity index is 1.31. The number of piperidine rings is 1. The van der Waals surface area contributed by atoms with Crippen molar-refractivity contribution >= 4 is 16.7 Å². The monoisotopic (exact) mass is 451 g/mol. The zero-order valence-electron chi connectivity index (χ0n) is 19.8. The zero-order chi connectivity index (χ0) is 22.7. The molecule has 1 N–H and O–H groups in total. The number of nitrogens with zero attached hydrogens (tertiary/aromatic N) is 4. The topological polar surface area (TPSA) is 48.1 Å². The first kappa shape index (κ1) is 21.4. The summed E-state index contributed by atoms with van der Waals surface area (Å²) in [6.07, 6.45) is 9.40. The molecule has 1 saturated heterocycles. The van der Waals surface area contributed by atoms with Crippen molar-refractivity contribution in [3.63, 3.8) is 0 Å². The van der Waals surface area contributed by atoms with E-state index in [2.05, 4.69) is 69.4 Å². The Morgan fingerprint density at radius 1 is 0.912 bits per heavy atom. The van der Waals surface area contributed by atoms with Gasteiger partial charge in [-0.05, 0) is 86.7 Å². The molecule has 1 aliphatic carbocycles. The highest BCUT2D eigenvalue weighted by atomic mass is 15.2. The molecule has 0 spiro atoms. The summed E-state index contributed by atoms with van der Waals surface area (Å²) in [5.41, 5.74) is 7.37. The second-order valence-corrected chi connectivity index (χ2v) is 9.79. The van der Waals surface area contributed by atoms with Crippen LogP contribution < -0.4 is 4.90 Å². The number of nitrogens with one attached hydrogen (secondary N) is 1. The van der Waals surface area contributed by atoms with E-state index >= 15 is 0 Å². The molecular weight excluding hydrogens is 418 g/mol. The molecule has 0 bridgehead atoms. The minimum atomic E-state index is 0.256. The fraction of sp³-hybridized carbons (Fsp3) is 0.379. The van der Waals surface area contributed by atoms with E-state index in [0.717, 1.165) is 42.8 Å². The number of para-hydroxylation sites is 2. The highest BCUT2D eigenvalue weighted by Gasteiger charge is 2.28. The number of aromatic amines is 1. The number of fused-ring (bicyclic) bond motifs is 2. The molecule has 1 fully saturated rings. The number of imidazole rings is 1. The normalized spacial score (nSPS) is 18.6. The molecule has 1 unspecified atom stereocenters. The number of hydrogen-bond donors (Lipinski definition) is 1. The fourth-order valence-corrected chi connectivity index (χ4v) is 5.68. The Hall–Kier alpha value is -3.18. The summed E-state index contributed by atoms with van der Waals surface area (Å²) in [6, 6.07) is 22.1. The van der Waals surface area contributed by atoms with E-state index < -0.39 is 0 Å². The molecule has 174 valence electrons. The van der Waals surface area contributed by atoms with Gasteiger partial charge in [-0.25, -0.2) is 4.98 Å². The summed E-state index contributed by atoms with van der Waals surface area (Å²) in [6.45, 7) is 4.24. The Morgan fingerprint density at radius 3 is 2.62 bits per heavy atom. The summed E-state index contributed by atoms with van der Waals surface area (Å²) in [5, 5.41) is 0. The molecule has 0 saturated carbocycles. The van der Waals surface area contributed by atoms with Gasteiger partial charge in [-0.3, -0.25) is 9.88 Å². The average Bonchev–Trinajstić information content (AvgIpc) is 3.31. The maximum absolute atomic E-state index is 4.90. The van der Waals surface area contributed by atoms with Crippen LogP contribution in [0, 0.1) is 0 Å². The third-order valence-electron chi connectivity index (χ3n) is 7.42. The van der Waals surface area contributed by atoms with E-state index in [-0.39, 0.29) is 6.04 Å². The number of hydrogen-bond acceptors (Lipinski definition) is 4. The highest BCUT2D eigenvalue weighted by Crippen LogP contribution is 2.37. The Labute approximate surface area is 201 Å². The van der Waals surface area contributed by atoms with E-state index in [1.165, 1.54) is 61.3 Å². The average molecular weight is 452 g/mol. The van der Waals surface area contributed by atoms with Crippen molar-refractivity contribution < 1.29 is 0 Å². The molecular formula is C29H33N5. The van der Waals surface area contributed by atoms with Crippen LogP contribution in [0.25, 0.3) is 11.0 Å². The van der Waals surface area contributed by atoms with Crippen LogP contribution in [0.15, 0.2) is 66.9 Å². The van der Waals surface area contributed by atoms with Gasteiger partial charge < -0.3 is 9.88 Å². The van der Waals surface area contributed by atoms with Crippen LogP contribution >= 0.6 is 0 Å². The quantitative estimate of drug-likeness (QED) is 0.389. The largest absolute Gasteiger partial charge is 0.355 e. The molecule has 5 heteroatoms. The number of anilines is 1. The minimum Gasteiger partial charge on any atom is -0.355 e. The van der Waals surface area contributed by atoms with Crippen molar-refractivity contribution in [1.82, 2.24) is 19.9 Å². The number of benzene rings is 2. The first-order valence-electron chi connectivity index (χ1n) is 12.8. The summed E-state index contributed by atoms with van der Waals surface area (Å²) in [5.74, 6) is 1.00. The Morgan fingerprint density at radius 2 is 1.76 bits per heavy atom. The van der Waals surface area contributed by atoms with Crippen LogP contribution in [0.1, 0.15) is 60.8 Å². The van der Waals surface area contributed by atoms with Crippen LogP contribution in [0.2, 0.25) is 0 Å². The molecule has 1 atom stereocenters. The van der Waals surface area contributed by atoms with Gasteiger partial charge in [0.1, 0.15) is 5.82 Å². The SMILES string of the molecule is c1cnc2c(c1)CCCC2N(Cc1nc2ccccc2[nH]1)c1ccc(CN2CCCCC2)cc1. The van der Waals surface area contributed by atoms with Gasteiger partial charge in [-0.15, -0.1) is 0 Å². The number of pyridine rings is 1. The molecule has 3 heterocycles. The Bertz CT molecular complexity index is 1210. The van der Waals surface area contributed by atoms with Gasteiger partial charge in [0.2, 0.25) is 0 Å². The molecule has 6 rings (SSSR count). The first-order valence-corrected chi connectivity index (χ1v) is 12.8. The fourth-order valence-electron chi connectivity index (χ4n) is 5.68. The van der Waals surface area contributed by atoms with Crippen molar-refractivity contribution in [2.75, 3.05) is 18.0 Å². The lowest BCUT2D eigenvalue weighted by Gasteiger charge is -2.36. The minimum absolute atomic E-state index is 0.256. The number of aryl methyl sites for hydroxylation is 1. The summed E-state index contributed by atoms with van der Waals surface area (Å²) >= 11 is 0. The number of H-pyrrole nitrogens is 1. The van der Waals surface area contributed by atoms with E-state index in [9.17, 15) is 0 Å². The smallest absolute Gasteiger partial charge is 0.126 e. The van der Waals surface area contributed by atoms with Crippen molar-refractivity contribution in [2.24, 2.45) is 0 Å². The van der Waals surface area contributed by atoms with Crippen molar-refractivity contribution in [1.29, 1.82) is 0 Å². The van der Waals surface area contributed by atoms with Gasteiger partial charge in [-0.2, -0.15) is 0 Å². The molecule has 0 radical (unpaired) electrons. The van der Waals surface area contributed by atoms with Crippen LogP contribution in [0.3, 0.4) is 0 Å². The predicted octanol–water partition coefficient (Wildman–Crippen LogP) is 6.03. The molecule has 4 aromatic rings. The lowest BCUT2D eigenvalue weighted by Crippen LogP contribution is -2.32. The molecule has 0 amide bonds. The third kappa shape index (κ3) is 4.45. The van der Waals surface area contributed by atoms with E-state index in [0.29, 0.717) is 0 Å². The molecule has 5 nitrogen and oxygen atoms in total. The molecule has 1 aliphatic heterocycles. The van der Waals surface area contributed by atoms with E-state index in [4.69, 9.17) is 9.97 Å². The van der Waals surface area contributed by atoms with Gasteiger partial charge in [0.25, 0.3) is 0 Å². The van der Waals surface area contributed by atoms with Crippen LogP contribution in [0.4, 0.5) is 5.69 Å². The molecule has 2 aromatic carbocycles. The van der Waals surface area contributed by atoms with Crippen LogP contribution in [0.5, 0.6) is 0 Å². The van der Waals surface area contributed by atoms with Gasteiger partial charge in [0.05, 0.1) is 29.3 Å². The second kappa shape index (κ2) is 9.59. The standard InChI is InChI=1S/C29H33N5/c1-4-18-33(19-5-1)20-22-13-15-24(16-14-22)34(21-28-31-25-10-2-3-11-26(25)32-28)27-12-6-8-23-9-7-17-30-29(23)27/h2-3,7,9-11,13-17,27H,1,4-6,8,12,18-21H2,(H,31,32). The van der Waals surface area contributed by atoms with Gasteiger partial charge in [-0.1, -0.05) is 36.8 Å². The first-order chi connectivity index (χ1) is 16.8. The maximum Gasteiger partial charge on any atom is 0.126 e. The van der Waals surface area contributed by atoms with E-state index in [1.807, 2.05) is 12.3 Å². The van der Waals surface area contributed by atoms with Gasteiger partial charge >= 0.3 is 0 Å². The lowest BCUT2D eigenvalue weighted by atomic mass is 9.90. The lowest BCUT2D eigenvalue weighted by molar-refractivity contribution is 0.221. The van der Waals surface area contributed by atoms with Gasteiger partial charge in [0, 0.05) is 18.4 Å². The van der Waals surface area contributed by atoms with Crippen molar-refractivity contribution in [3.8, 4) is 0 Å². The van der Waals surface area contributed by atoms with Crippen molar-refractivity contribution in [2.45, 2.75) is 57.7 Å². The number of aromatic nitrogens is 3. The molecule has 34 heavy (non-hydrogen) atoms. The molecule has 2 aliphatic rings. The van der Waals surface area contributed by atoms with E-state index in [1.54, 1.807) is 0 Å². The Kier molecular flexibility index (Phi) is 6.02. The number of likely N-dealkylation sites (tertiary alicyclic amines) is 1. The van der Waals surface area contributed by atoms with Gasteiger partial charge in [0.15, 0.2) is 0 Å². The van der Waals surface area contributed by atoms with Crippen molar-refractivity contribution in [3.05, 3.63) is 89.5 Å². The summed E-state index contributed by atoms with van der Waals surface area (Å²) in [7, 11) is 0. The third-order valence-corrected chi connectivity index (χ3v) is 7.42. The molecule has 2 aromatic heterocycles. The predicted molar refractivity (Wildman–Crippen MR) is 138 cm³/mol. The maximum atomic E-state index is 4.90. The van der Waals surface area contributed by atoms with Crippen LogP contribution in [-0.4, -0.2) is 32.9 Å². The number of rotatable bonds is 6. The van der Waals surface area contributed by atoms with Crippen LogP contribution in [-0.2, 0) is 19.5 Å². The summed E-state index contributed by atoms with van der Waals surface area (Å²) in [4.78, 5) is 18.4. The zero-order valence-corrected chi connectivity index (χ0v) is 19.8.